The zero-order valence-electron chi connectivity index (χ0n) is 9.95. The predicted molar refractivity (Wildman–Crippen MR) is 80.9 cm³/mol. The van der Waals surface area contributed by atoms with Crippen molar-refractivity contribution in [2.45, 2.75) is 0 Å². The van der Waals surface area contributed by atoms with E-state index in [0.29, 0.717) is 11.3 Å². The highest BCUT2D eigenvalue weighted by Gasteiger charge is 2.14. The van der Waals surface area contributed by atoms with Crippen molar-refractivity contribution in [1.82, 2.24) is 0 Å². The van der Waals surface area contributed by atoms with Gasteiger partial charge in [-0.2, -0.15) is 5.26 Å². The molecule has 6 heteroatoms. The van der Waals surface area contributed by atoms with E-state index in [1.54, 1.807) is 18.2 Å². The van der Waals surface area contributed by atoms with E-state index in [4.69, 9.17) is 5.26 Å². The SMILES string of the molecule is N#Cc1cc(Br)ccc1NC(=O)c1cccc(F)c1Br. The first kappa shape index (κ1) is 14.7. The van der Waals surface area contributed by atoms with E-state index in [-0.39, 0.29) is 10.0 Å². The first-order chi connectivity index (χ1) is 9.52. The lowest BCUT2D eigenvalue weighted by Crippen LogP contribution is -2.14. The summed E-state index contributed by atoms with van der Waals surface area (Å²) in [5.41, 5.74) is 0.855. The Morgan fingerprint density at radius 3 is 2.70 bits per heavy atom. The smallest absolute Gasteiger partial charge is 0.256 e. The second-order valence-electron chi connectivity index (χ2n) is 3.86. The molecule has 0 bridgehead atoms. The number of nitriles is 1. The van der Waals surface area contributed by atoms with Gasteiger partial charge in [-0.25, -0.2) is 4.39 Å². The summed E-state index contributed by atoms with van der Waals surface area (Å²) in [6.45, 7) is 0. The van der Waals surface area contributed by atoms with Crippen molar-refractivity contribution >= 4 is 43.5 Å². The molecule has 3 nitrogen and oxygen atoms in total. The molecule has 0 saturated carbocycles. The van der Waals surface area contributed by atoms with Crippen molar-refractivity contribution in [3.63, 3.8) is 0 Å². The van der Waals surface area contributed by atoms with Crippen molar-refractivity contribution in [1.29, 1.82) is 5.26 Å². The van der Waals surface area contributed by atoms with Crippen LogP contribution in [0.15, 0.2) is 45.3 Å². The van der Waals surface area contributed by atoms with Crippen LogP contribution in [0.1, 0.15) is 15.9 Å². The lowest BCUT2D eigenvalue weighted by atomic mass is 10.1. The van der Waals surface area contributed by atoms with Crippen LogP contribution in [-0.4, -0.2) is 5.91 Å². The zero-order valence-corrected chi connectivity index (χ0v) is 13.1. The minimum atomic E-state index is -0.519. The molecule has 2 rings (SSSR count). The number of hydrogen-bond acceptors (Lipinski definition) is 2. The number of amides is 1. The van der Waals surface area contributed by atoms with E-state index < -0.39 is 11.7 Å². The lowest BCUT2D eigenvalue weighted by Gasteiger charge is -2.09. The van der Waals surface area contributed by atoms with E-state index >= 15 is 0 Å². The monoisotopic (exact) mass is 396 g/mol. The Hall–Kier alpha value is -1.71. The van der Waals surface area contributed by atoms with Crippen LogP contribution in [0.2, 0.25) is 0 Å². The molecular formula is C14H7Br2FN2O. The minimum absolute atomic E-state index is 0.0909. The fraction of sp³-hybridized carbons (Fsp3) is 0. The zero-order chi connectivity index (χ0) is 14.7. The van der Waals surface area contributed by atoms with Crippen molar-refractivity contribution < 1.29 is 9.18 Å². The van der Waals surface area contributed by atoms with Crippen LogP contribution in [0.3, 0.4) is 0 Å². The molecule has 0 aromatic heterocycles. The average molecular weight is 398 g/mol. The Morgan fingerprint density at radius 1 is 1.25 bits per heavy atom. The summed E-state index contributed by atoms with van der Waals surface area (Å²) in [7, 11) is 0. The van der Waals surface area contributed by atoms with Crippen molar-refractivity contribution in [2.24, 2.45) is 0 Å². The summed E-state index contributed by atoms with van der Waals surface area (Å²) in [6.07, 6.45) is 0. The Bertz CT molecular complexity index is 726. The molecule has 0 aliphatic heterocycles. The highest BCUT2D eigenvalue weighted by molar-refractivity contribution is 9.10. The highest BCUT2D eigenvalue weighted by Crippen LogP contribution is 2.24. The fourth-order valence-electron chi connectivity index (χ4n) is 1.59. The molecule has 20 heavy (non-hydrogen) atoms. The van der Waals surface area contributed by atoms with Gasteiger partial charge in [-0.15, -0.1) is 0 Å². The molecule has 0 aliphatic carbocycles. The Labute approximate surface area is 131 Å². The molecule has 0 unspecified atom stereocenters. The standard InChI is InChI=1S/C14H7Br2FN2O/c15-9-4-5-12(8(6-9)7-18)19-14(20)10-2-1-3-11(17)13(10)16/h1-6H,(H,19,20). The van der Waals surface area contributed by atoms with Gasteiger partial charge in [-0.05, 0) is 46.3 Å². The molecule has 0 heterocycles. The average Bonchev–Trinajstić information content (AvgIpc) is 2.43. The minimum Gasteiger partial charge on any atom is -0.321 e. The molecule has 0 radical (unpaired) electrons. The summed E-state index contributed by atoms with van der Waals surface area (Å²) >= 11 is 6.28. The lowest BCUT2D eigenvalue weighted by molar-refractivity contribution is 0.102. The first-order valence-electron chi connectivity index (χ1n) is 5.48. The van der Waals surface area contributed by atoms with E-state index in [9.17, 15) is 9.18 Å². The van der Waals surface area contributed by atoms with Gasteiger partial charge < -0.3 is 5.32 Å². The number of rotatable bonds is 2. The second kappa shape index (κ2) is 6.16. The van der Waals surface area contributed by atoms with Crippen LogP contribution in [0.25, 0.3) is 0 Å². The number of anilines is 1. The molecule has 0 aliphatic rings. The normalized spacial score (nSPS) is 9.90. The molecule has 2 aromatic rings. The Kier molecular flexibility index (Phi) is 4.53. The summed E-state index contributed by atoms with van der Waals surface area (Å²) in [5.74, 6) is -1.01. The fourth-order valence-corrected chi connectivity index (χ4v) is 2.39. The molecule has 0 saturated heterocycles. The van der Waals surface area contributed by atoms with Gasteiger partial charge in [0.15, 0.2) is 0 Å². The summed E-state index contributed by atoms with van der Waals surface area (Å²) in [6, 6.07) is 11.1. The Morgan fingerprint density at radius 2 is 2.00 bits per heavy atom. The van der Waals surface area contributed by atoms with Gasteiger partial charge in [-0.1, -0.05) is 22.0 Å². The number of benzene rings is 2. The molecular weight excluding hydrogens is 391 g/mol. The van der Waals surface area contributed by atoms with E-state index in [1.807, 2.05) is 6.07 Å². The molecule has 100 valence electrons. The molecule has 0 spiro atoms. The van der Waals surface area contributed by atoms with Gasteiger partial charge in [0.05, 0.1) is 21.3 Å². The first-order valence-corrected chi connectivity index (χ1v) is 7.06. The summed E-state index contributed by atoms with van der Waals surface area (Å²) < 4.78 is 14.2. The maximum absolute atomic E-state index is 13.4. The molecule has 2 aromatic carbocycles. The molecule has 0 atom stereocenters. The van der Waals surface area contributed by atoms with Crippen LogP contribution in [0.4, 0.5) is 10.1 Å². The predicted octanol–water partition coefficient (Wildman–Crippen LogP) is 4.47. The van der Waals surface area contributed by atoms with Crippen molar-refractivity contribution in [3.05, 3.63) is 62.3 Å². The third kappa shape index (κ3) is 3.06. The van der Waals surface area contributed by atoms with Gasteiger partial charge >= 0.3 is 0 Å². The van der Waals surface area contributed by atoms with Gasteiger partial charge in [0.1, 0.15) is 11.9 Å². The van der Waals surface area contributed by atoms with Gasteiger partial charge in [0, 0.05) is 4.47 Å². The van der Waals surface area contributed by atoms with Gasteiger partial charge in [0.25, 0.3) is 5.91 Å². The number of hydrogen-bond donors (Lipinski definition) is 1. The third-order valence-corrected chi connectivity index (χ3v) is 3.85. The second-order valence-corrected chi connectivity index (χ2v) is 5.57. The van der Waals surface area contributed by atoms with Crippen LogP contribution >= 0.6 is 31.9 Å². The number of carbonyl (C=O) groups is 1. The van der Waals surface area contributed by atoms with Gasteiger partial charge in [0.2, 0.25) is 0 Å². The number of nitrogens with zero attached hydrogens (tertiary/aromatic N) is 1. The number of nitrogens with one attached hydrogen (secondary N) is 1. The highest BCUT2D eigenvalue weighted by atomic mass is 79.9. The summed E-state index contributed by atoms with van der Waals surface area (Å²) in [4.78, 5) is 12.1. The number of halogens is 3. The van der Waals surface area contributed by atoms with Crippen LogP contribution in [0, 0.1) is 17.1 Å². The largest absolute Gasteiger partial charge is 0.321 e. The van der Waals surface area contributed by atoms with E-state index in [0.717, 1.165) is 4.47 Å². The van der Waals surface area contributed by atoms with E-state index in [2.05, 4.69) is 37.2 Å². The van der Waals surface area contributed by atoms with Gasteiger partial charge in [-0.3, -0.25) is 4.79 Å². The topological polar surface area (TPSA) is 52.9 Å². The Balaban J connectivity index is 2.33. The maximum atomic E-state index is 13.4. The molecule has 1 N–H and O–H groups in total. The number of carbonyl (C=O) groups excluding carboxylic acids is 1. The van der Waals surface area contributed by atoms with E-state index in [1.165, 1.54) is 18.2 Å². The van der Waals surface area contributed by atoms with Crippen LogP contribution in [-0.2, 0) is 0 Å². The molecule has 0 fully saturated rings. The third-order valence-electron chi connectivity index (χ3n) is 2.55. The van der Waals surface area contributed by atoms with Crippen molar-refractivity contribution in [3.8, 4) is 6.07 Å². The molecule has 1 amide bonds. The van der Waals surface area contributed by atoms with Crippen LogP contribution in [0.5, 0.6) is 0 Å². The quantitative estimate of drug-likeness (QED) is 0.812. The van der Waals surface area contributed by atoms with Crippen LogP contribution < -0.4 is 5.32 Å². The summed E-state index contributed by atoms with van der Waals surface area (Å²) in [5, 5.41) is 11.6. The maximum Gasteiger partial charge on any atom is 0.256 e. The van der Waals surface area contributed by atoms with Crippen molar-refractivity contribution in [2.75, 3.05) is 5.32 Å².